The van der Waals surface area contributed by atoms with Gasteiger partial charge in [-0.05, 0) is 36.5 Å². The standard InChI is InChI=1S/C14H15BrF3NO/c1-8-5-9(8)7-19(2)13(20)11-4-3-10(15)6-12(11)14(16,17)18/h3-4,6,8-9H,5,7H2,1-2H3. The Labute approximate surface area is 124 Å². The predicted octanol–water partition coefficient (Wildman–Crippen LogP) is 4.20. The van der Waals surface area contributed by atoms with Crippen molar-refractivity contribution in [1.29, 1.82) is 0 Å². The highest BCUT2D eigenvalue weighted by Gasteiger charge is 2.38. The number of benzene rings is 1. The second kappa shape index (κ2) is 5.39. The number of rotatable bonds is 3. The Kier molecular flexibility index (Phi) is 4.14. The van der Waals surface area contributed by atoms with Crippen LogP contribution in [-0.4, -0.2) is 24.4 Å². The summed E-state index contributed by atoms with van der Waals surface area (Å²) >= 11 is 3.01. The minimum absolute atomic E-state index is 0.295. The molecule has 0 aromatic heterocycles. The smallest absolute Gasteiger partial charge is 0.341 e. The minimum atomic E-state index is -4.54. The molecular formula is C14H15BrF3NO. The van der Waals surface area contributed by atoms with E-state index in [2.05, 4.69) is 22.9 Å². The van der Waals surface area contributed by atoms with E-state index in [9.17, 15) is 18.0 Å². The highest BCUT2D eigenvalue weighted by atomic mass is 79.9. The number of alkyl halides is 3. The number of halogens is 4. The van der Waals surface area contributed by atoms with Crippen LogP contribution in [0.15, 0.2) is 22.7 Å². The normalized spacial score (nSPS) is 21.7. The molecule has 0 N–H and O–H groups in total. The first-order chi connectivity index (χ1) is 9.20. The Morgan fingerprint density at radius 2 is 2.05 bits per heavy atom. The van der Waals surface area contributed by atoms with Crippen LogP contribution in [0.4, 0.5) is 13.2 Å². The maximum Gasteiger partial charge on any atom is 0.417 e. The maximum atomic E-state index is 13.0. The molecule has 1 saturated carbocycles. The Hall–Kier alpha value is -1.04. The van der Waals surface area contributed by atoms with Crippen molar-refractivity contribution in [2.45, 2.75) is 19.5 Å². The van der Waals surface area contributed by atoms with Gasteiger partial charge in [0.05, 0.1) is 11.1 Å². The van der Waals surface area contributed by atoms with E-state index in [-0.39, 0.29) is 5.56 Å². The van der Waals surface area contributed by atoms with Crippen molar-refractivity contribution in [1.82, 2.24) is 4.90 Å². The zero-order valence-corrected chi connectivity index (χ0v) is 12.8. The number of carbonyl (C=O) groups is 1. The number of nitrogens with zero attached hydrogens (tertiary/aromatic N) is 1. The summed E-state index contributed by atoms with van der Waals surface area (Å²) in [7, 11) is 1.55. The summed E-state index contributed by atoms with van der Waals surface area (Å²) in [6, 6.07) is 3.62. The Bertz CT molecular complexity index is 530. The average Bonchev–Trinajstić information content (AvgIpc) is 3.02. The molecule has 1 aliphatic carbocycles. The van der Waals surface area contributed by atoms with Gasteiger partial charge in [0.25, 0.3) is 5.91 Å². The van der Waals surface area contributed by atoms with Gasteiger partial charge in [-0.3, -0.25) is 4.79 Å². The van der Waals surface area contributed by atoms with Crippen molar-refractivity contribution < 1.29 is 18.0 Å². The SMILES string of the molecule is CC1CC1CN(C)C(=O)c1ccc(Br)cc1C(F)(F)F. The first kappa shape index (κ1) is 15.4. The molecule has 2 atom stereocenters. The van der Waals surface area contributed by atoms with Crippen LogP contribution >= 0.6 is 15.9 Å². The number of hydrogen-bond acceptors (Lipinski definition) is 1. The molecule has 1 fully saturated rings. The topological polar surface area (TPSA) is 20.3 Å². The Balaban J connectivity index is 2.24. The molecule has 0 saturated heterocycles. The van der Waals surface area contributed by atoms with E-state index in [1.165, 1.54) is 17.0 Å². The lowest BCUT2D eigenvalue weighted by atomic mass is 10.1. The molecule has 20 heavy (non-hydrogen) atoms. The summed E-state index contributed by atoms with van der Waals surface area (Å²) in [4.78, 5) is 13.6. The predicted molar refractivity (Wildman–Crippen MR) is 73.4 cm³/mol. The Morgan fingerprint density at radius 1 is 1.45 bits per heavy atom. The Morgan fingerprint density at radius 3 is 2.55 bits per heavy atom. The second-order valence-electron chi connectivity index (χ2n) is 5.35. The second-order valence-corrected chi connectivity index (χ2v) is 6.26. The minimum Gasteiger partial charge on any atom is -0.341 e. The van der Waals surface area contributed by atoms with Gasteiger partial charge >= 0.3 is 6.18 Å². The molecular weight excluding hydrogens is 335 g/mol. The third kappa shape index (κ3) is 3.34. The molecule has 2 nitrogen and oxygen atoms in total. The molecule has 0 aliphatic heterocycles. The van der Waals surface area contributed by atoms with Gasteiger partial charge in [-0.1, -0.05) is 22.9 Å². The van der Waals surface area contributed by atoms with Crippen LogP contribution in [0.25, 0.3) is 0 Å². The highest BCUT2D eigenvalue weighted by Crippen LogP contribution is 2.39. The molecule has 1 aliphatic rings. The molecule has 2 rings (SSSR count). The lowest BCUT2D eigenvalue weighted by Crippen LogP contribution is -2.30. The summed E-state index contributed by atoms with van der Waals surface area (Å²) in [6.07, 6.45) is -3.51. The molecule has 110 valence electrons. The van der Waals surface area contributed by atoms with E-state index in [4.69, 9.17) is 0 Å². The number of amides is 1. The first-order valence-electron chi connectivity index (χ1n) is 6.32. The van der Waals surface area contributed by atoms with E-state index in [1.54, 1.807) is 7.05 Å². The monoisotopic (exact) mass is 349 g/mol. The van der Waals surface area contributed by atoms with Crippen LogP contribution in [0.5, 0.6) is 0 Å². The van der Waals surface area contributed by atoms with Gasteiger partial charge in [0, 0.05) is 18.1 Å². The van der Waals surface area contributed by atoms with Gasteiger partial charge in [0.2, 0.25) is 0 Å². The quantitative estimate of drug-likeness (QED) is 0.800. The average molecular weight is 350 g/mol. The van der Waals surface area contributed by atoms with Crippen LogP contribution in [0.3, 0.4) is 0 Å². The lowest BCUT2D eigenvalue weighted by Gasteiger charge is -2.20. The van der Waals surface area contributed by atoms with Crippen molar-refractivity contribution in [3.05, 3.63) is 33.8 Å². The van der Waals surface area contributed by atoms with Crippen molar-refractivity contribution in [2.24, 2.45) is 11.8 Å². The summed E-state index contributed by atoms with van der Waals surface area (Å²) in [5.41, 5.74) is -1.19. The molecule has 1 amide bonds. The fourth-order valence-electron chi connectivity index (χ4n) is 2.23. The molecule has 6 heteroatoms. The fourth-order valence-corrected chi connectivity index (χ4v) is 2.59. The first-order valence-corrected chi connectivity index (χ1v) is 7.11. The third-order valence-electron chi connectivity index (χ3n) is 3.65. The van der Waals surface area contributed by atoms with Gasteiger partial charge in [-0.15, -0.1) is 0 Å². The van der Waals surface area contributed by atoms with Crippen molar-refractivity contribution >= 4 is 21.8 Å². The summed E-state index contributed by atoms with van der Waals surface area (Å²) in [5, 5.41) is 0. The van der Waals surface area contributed by atoms with E-state index in [0.29, 0.717) is 22.9 Å². The van der Waals surface area contributed by atoms with Crippen molar-refractivity contribution in [3.63, 3.8) is 0 Å². The van der Waals surface area contributed by atoms with Gasteiger partial charge in [0.1, 0.15) is 0 Å². The number of hydrogen-bond donors (Lipinski definition) is 0. The molecule has 2 unspecified atom stereocenters. The molecule has 1 aromatic carbocycles. The van der Waals surface area contributed by atoms with E-state index in [0.717, 1.165) is 12.5 Å². The molecule has 1 aromatic rings. The van der Waals surface area contributed by atoms with Gasteiger partial charge in [-0.25, -0.2) is 0 Å². The van der Waals surface area contributed by atoms with Gasteiger partial charge < -0.3 is 4.90 Å². The largest absolute Gasteiger partial charge is 0.417 e. The molecule has 0 heterocycles. The highest BCUT2D eigenvalue weighted by molar-refractivity contribution is 9.10. The van der Waals surface area contributed by atoms with Crippen LogP contribution in [0.1, 0.15) is 29.3 Å². The zero-order valence-electron chi connectivity index (χ0n) is 11.2. The van der Waals surface area contributed by atoms with E-state index in [1.807, 2.05) is 0 Å². The van der Waals surface area contributed by atoms with Gasteiger partial charge in [-0.2, -0.15) is 13.2 Å². The molecule has 0 bridgehead atoms. The lowest BCUT2D eigenvalue weighted by molar-refractivity contribution is -0.138. The third-order valence-corrected chi connectivity index (χ3v) is 4.14. The summed E-state index contributed by atoms with van der Waals surface area (Å²) < 4.78 is 39.3. The fraction of sp³-hybridized carbons (Fsp3) is 0.500. The van der Waals surface area contributed by atoms with E-state index >= 15 is 0 Å². The van der Waals surface area contributed by atoms with Crippen LogP contribution in [-0.2, 0) is 6.18 Å². The van der Waals surface area contributed by atoms with Crippen LogP contribution in [0.2, 0.25) is 0 Å². The van der Waals surface area contributed by atoms with Crippen molar-refractivity contribution in [2.75, 3.05) is 13.6 Å². The zero-order chi connectivity index (χ0) is 15.1. The van der Waals surface area contributed by atoms with Crippen molar-refractivity contribution in [3.8, 4) is 0 Å². The molecule has 0 radical (unpaired) electrons. The summed E-state index contributed by atoms with van der Waals surface area (Å²) in [5.74, 6) is 0.384. The summed E-state index contributed by atoms with van der Waals surface area (Å²) in [6.45, 7) is 2.58. The maximum absolute atomic E-state index is 13.0. The van der Waals surface area contributed by atoms with Crippen LogP contribution in [0, 0.1) is 11.8 Å². The van der Waals surface area contributed by atoms with E-state index < -0.39 is 17.6 Å². The molecule has 0 spiro atoms. The van der Waals surface area contributed by atoms with Gasteiger partial charge in [0.15, 0.2) is 0 Å². The van der Waals surface area contributed by atoms with Crippen LogP contribution < -0.4 is 0 Å². The number of carbonyl (C=O) groups excluding carboxylic acids is 1.